The van der Waals surface area contributed by atoms with E-state index in [9.17, 15) is 13.5 Å². The third kappa shape index (κ3) is 3.37. The average molecular weight is 348 g/mol. The fourth-order valence-electron chi connectivity index (χ4n) is 1.81. The molecule has 0 unspecified atom stereocenters. The van der Waals surface area contributed by atoms with Gasteiger partial charge in [0.2, 0.25) is 10.0 Å². The van der Waals surface area contributed by atoms with Crippen LogP contribution in [0.4, 0.5) is 0 Å². The van der Waals surface area contributed by atoms with Crippen LogP contribution in [-0.2, 0) is 16.6 Å². The highest BCUT2D eigenvalue weighted by molar-refractivity contribution is 9.10. The van der Waals surface area contributed by atoms with Crippen molar-refractivity contribution in [3.05, 3.63) is 27.7 Å². The Morgan fingerprint density at radius 3 is 2.58 bits per heavy atom. The van der Waals surface area contributed by atoms with Crippen LogP contribution in [0.25, 0.3) is 0 Å². The van der Waals surface area contributed by atoms with Crippen molar-refractivity contribution >= 4 is 26.0 Å². The van der Waals surface area contributed by atoms with E-state index in [0.717, 1.165) is 12.8 Å². The molecular weight excluding hydrogens is 330 g/mol. The molecule has 1 aliphatic rings. The van der Waals surface area contributed by atoms with Gasteiger partial charge in [-0.2, -0.15) is 0 Å². The van der Waals surface area contributed by atoms with Crippen LogP contribution in [0.2, 0.25) is 0 Å². The van der Waals surface area contributed by atoms with Gasteiger partial charge in [0.1, 0.15) is 0 Å². The highest BCUT2D eigenvalue weighted by Gasteiger charge is 2.38. The first kappa shape index (κ1) is 15.0. The van der Waals surface area contributed by atoms with E-state index in [1.165, 1.54) is 6.07 Å². The Labute approximate surface area is 122 Å². The summed E-state index contributed by atoms with van der Waals surface area (Å²) >= 11 is 3.33. The molecule has 4 nitrogen and oxygen atoms in total. The minimum absolute atomic E-state index is 0.118. The summed E-state index contributed by atoms with van der Waals surface area (Å²) in [6.45, 7) is 4.11. The monoisotopic (exact) mass is 347 g/mol. The maximum Gasteiger partial charge on any atom is 0.240 e. The summed E-state index contributed by atoms with van der Waals surface area (Å²) in [5, 5.41) is 9.18. The number of hydrogen-bond acceptors (Lipinski definition) is 3. The fraction of sp³-hybridized carbons (Fsp3) is 0.538. The molecule has 106 valence electrons. The summed E-state index contributed by atoms with van der Waals surface area (Å²) in [5.74, 6) is 0. The predicted octanol–water partition coefficient (Wildman–Crippen LogP) is 2.33. The lowest BCUT2D eigenvalue weighted by Gasteiger charge is -2.14. The molecule has 1 fully saturated rings. The molecule has 0 spiro atoms. The zero-order valence-electron chi connectivity index (χ0n) is 11.0. The summed E-state index contributed by atoms with van der Waals surface area (Å²) in [6.07, 6.45) is 2.13. The SMILES string of the molecule is Cc1c(Br)cc(CO)cc1S(=O)(=O)NCC1(C)CC1. The molecule has 0 heterocycles. The Morgan fingerprint density at radius 2 is 2.05 bits per heavy atom. The molecule has 0 radical (unpaired) electrons. The van der Waals surface area contributed by atoms with Crippen LogP contribution < -0.4 is 4.72 Å². The Kier molecular flexibility index (Phi) is 4.07. The van der Waals surface area contributed by atoms with E-state index in [4.69, 9.17) is 0 Å². The fourth-order valence-corrected chi connectivity index (χ4v) is 3.97. The van der Waals surface area contributed by atoms with Crippen LogP contribution in [0.3, 0.4) is 0 Å². The maximum atomic E-state index is 12.3. The van der Waals surface area contributed by atoms with Gasteiger partial charge in [0.25, 0.3) is 0 Å². The van der Waals surface area contributed by atoms with E-state index in [1.54, 1.807) is 13.0 Å². The normalized spacial score (nSPS) is 17.5. The van der Waals surface area contributed by atoms with Gasteiger partial charge < -0.3 is 5.11 Å². The number of aliphatic hydroxyl groups is 1. The first-order chi connectivity index (χ1) is 8.77. The molecule has 0 saturated heterocycles. The number of rotatable bonds is 5. The second-order valence-corrected chi connectivity index (χ2v) is 8.08. The van der Waals surface area contributed by atoms with Crippen molar-refractivity contribution in [3.8, 4) is 0 Å². The number of aliphatic hydroxyl groups excluding tert-OH is 1. The van der Waals surface area contributed by atoms with E-state index in [2.05, 4.69) is 27.6 Å². The van der Waals surface area contributed by atoms with Crippen LogP contribution in [0, 0.1) is 12.3 Å². The van der Waals surface area contributed by atoms with Gasteiger partial charge in [0.05, 0.1) is 11.5 Å². The summed E-state index contributed by atoms with van der Waals surface area (Å²) in [4.78, 5) is 0.232. The number of nitrogens with one attached hydrogen (secondary N) is 1. The molecule has 0 aromatic heterocycles. The molecule has 0 atom stereocenters. The lowest BCUT2D eigenvalue weighted by atomic mass is 10.1. The Bertz CT molecular complexity index is 594. The summed E-state index contributed by atoms with van der Waals surface area (Å²) < 4.78 is 28.0. The lowest BCUT2D eigenvalue weighted by molar-refractivity contribution is 0.281. The predicted molar refractivity (Wildman–Crippen MR) is 77.3 cm³/mol. The topological polar surface area (TPSA) is 66.4 Å². The van der Waals surface area contributed by atoms with Gasteiger partial charge in [-0.15, -0.1) is 0 Å². The van der Waals surface area contributed by atoms with Gasteiger partial charge in [0.15, 0.2) is 0 Å². The molecular formula is C13H18BrNO3S. The molecule has 1 aromatic carbocycles. The van der Waals surface area contributed by atoms with E-state index < -0.39 is 10.0 Å². The van der Waals surface area contributed by atoms with Crippen molar-refractivity contribution in [2.45, 2.75) is 38.2 Å². The highest BCUT2D eigenvalue weighted by Crippen LogP contribution is 2.44. The number of benzene rings is 1. The maximum absolute atomic E-state index is 12.3. The summed E-state index contributed by atoms with van der Waals surface area (Å²) in [5.41, 5.74) is 1.36. The highest BCUT2D eigenvalue weighted by atomic mass is 79.9. The van der Waals surface area contributed by atoms with Crippen molar-refractivity contribution in [1.29, 1.82) is 0 Å². The minimum Gasteiger partial charge on any atom is -0.392 e. The van der Waals surface area contributed by atoms with Gasteiger partial charge in [0, 0.05) is 11.0 Å². The van der Waals surface area contributed by atoms with Gasteiger partial charge in [-0.3, -0.25) is 0 Å². The standard InChI is InChI=1S/C13H18BrNO3S/c1-9-11(14)5-10(7-16)6-12(9)19(17,18)15-8-13(2)3-4-13/h5-6,15-16H,3-4,7-8H2,1-2H3. The second-order valence-electron chi connectivity index (χ2n) is 5.49. The molecule has 1 saturated carbocycles. The van der Waals surface area contributed by atoms with Gasteiger partial charge in [-0.1, -0.05) is 22.9 Å². The van der Waals surface area contributed by atoms with Crippen LogP contribution in [0.15, 0.2) is 21.5 Å². The van der Waals surface area contributed by atoms with Crippen LogP contribution in [-0.4, -0.2) is 20.1 Å². The van der Waals surface area contributed by atoms with Crippen LogP contribution in [0.5, 0.6) is 0 Å². The Hall–Kier alpha value is -0.430. The lowest BCUT2D eigenvalue weighted by Crippen LogP contribution is -2.29. The molecule has 2 N–H and O–H groups in total. The molecule has 1 aliphatic carbocycles. The molecule has 6 heteroatoms. The molecule has 0 bridgehead atoms. The van der Waals surface area contributed by atoms with Gasteiger partial charge in [-0.25, -0.2) is 13.1 Å². The van der Waals surface area contributed by atoms with E-state index in [-0.39, 0.29) is 16.9 Å². The average Bonchev–Trinajstić information content (AvgIpc) is 3.09. The van der Waals surface area contributed by atoms with Crippen LogP contribution in [0.1, 0.15) is 30.9 Å². The zero-order chi connectivity index (χ0) is 14.3. The van der Waals surface area contributed by atoms with E-state index in [1.807, 2.05) is 0 Å². The van der Waals surface area contributed by atoms with Gasteiger partial charge >= 0.3 is 0 Å². The third-order valence-corrected chi connectivity index (χ3v) is 5.97. The van der Waals surface area contributed by atoms with Crippen molar-refractivity contribution in [2.24, 2.45) is 5.41 Å². The molecule has 0 amide bonds. The smallest absolute Gasteiger partial charge is 0.240 e. The quantitative estimate of drug-likeness (QED) is 0.858. The molecule has 19 heavy (non-hydrogen) atoms. The Balaban J connectivity index is 2.30. The number of halogens is 1. The largest absolute Gasteiger partial charge is 0.392 e. The van der Waals surface area contributed by atoms with Crippen molar-refractivity contribution in [2.75, 3.05) is 6.54 Å². The van der Waals surface area contributed by atoms with E-state index >= 15 is 0 Å². The zero-order valence-corrected chi connectivity index (χ0v) is 13.4. The van der Waals surface area contributed by atoms with Crippen molar-refractivity contribution in [3.63, 3.8) is 0 Å². The first-order valence-corrected chi connectivity index (χ1v) is 8.45. The third-order valence-electron chi connectivity index (χ3n) is 3.62. The molecule has 0 aliphatic heterocycles. The minimum atomic E-state index is -3.53. The number of sulfonamides is 1. The van der Waals surface area contributed by atoms with Gasteiger partial charge in [-0.05, 0) is 48.4 Å². The summed E-state index contributed by atoms with van der Waals surface area (Å²) in [6, 6.07) is 3.26. The van der Waals surface area contributed by atoms with Crippen molar-refractivity contribution in [1.82, 2.24) is 4.72 Å². The Morgan fingerprint density at radius 1 is 1.42 bits per heavy atom. The molecule has 2 rings (SSSR count). The molecule has 1 aromatic rings. The number of hydrogen-bond donors (Lipinski definition) is 2. The summed E-state index contributed by atoms with van der Waals surface area (Å²) in [7, 11) is -3.53. The van der Waals surface area contributed by atoms with Crippen molar-refractivity contribution < 1.29 is 13.5 Å². The second kappa shape index (κ2) is 5.16. The van der Waals surface area contributed by atoms with E-state index in [0.29, 0.717) is 22.1 Å². The van der Waals surface area contributed by atoms with Crippen LogP contribution >= 0.6 is 15.9 Å². The first-order valence-electron chi connectivity index (χ1n) is 6.17.